The highest BCUT2D eigenvalue weighted by molar-refractivity contribution is 7.54. The molecule has 0 saturated carbocycles. The quantitative estimate of drug-likeness (QED) is 0.293. The van der Waals surface area contributed by atoms with Crippen LogP contribution >= 0.6 is 42.4 Å². The van der Waals surface area contributed by atoms with Crippen LogP contribution in [-0.4, -0.2) is 25.3 Å². The molecule has 0 heterocycles. The van der Waals surface area contributed by atoms with Crippen LogP contribution in [0.4, 0.5) is 0 Å². The molecule has 1 aromatic rings. The fourth-order valence-electron chi connectivity index (χ4n) is 1.58. The van der Waals surface area contributed by atoms with E-state index in [1.165, 1.54) is 12.1 Å². The van der Waals surface area contributed by atoms with Crippen LogP contribution in [0.2, 0.25) is 0 Å². The Labute approximate surface area is 144 Å². The van der Waals surface area contributed by atoms with Gasteiger partial charge in [-0.3, -0.25) is 9.36 Å². The Morgan fingerprint density at radius 1 is 1.18 bits per heavy atom. The van der Waals surface area contributed by atoms with E-state index in [4.69, 9.17) is 48.6 Å². The van der Waals surface area contributed by atoms with Crippen molar-refractivity contribution in [2.24, 2.45) is 0 Å². The van der Waals surface area contributed by atoms with Gasteiger partial charge in [0.1, 0.15) is 11.9 Å². The van der Waals surface area contributed by atoms with E-state index in [2.05, 4.69) is 0 Å². The molecule has 0 radical (unpaired) electrons. The van der Waals surface area contributed by atoms with Crippen LogP contribution in [0.5, 0.6) is 5.75 Å². The second kappa shape index (κ2) is 8.53. The van der Waals surface area contributed by atoms with Crippen LogP contribution in [0.3, 0.4) is 0 Å². The first kappa shape index (κ1) is 19.8. The number of hydrogen-bond donors (Lipinski definition) is 0. The maximum atomic E-state index is 12.2. The highest BCUT2D eigenvalue weighted by atomic mass is 35.6. The lowest BCUT2D eigenvalue weighted by Crippen LogP contribution is -2.16. The lowest BCUT2D eigenvalue weighted by Gasteiger charge is -2.16. The average Bonchev–Trinajstić information content (AvgIpc) is 2.37. The summed E-state index contributed by atoms with van der Waals surface area (Å²) in [5.41, 5.74) is 0.348. The number of benzene rings is 1. The summed E-state index contributed by atoms with van der Waals surface area (Å²) in [6, 6.07) is 6.08. The summed E-state index contributed by atoms with van der Waals surface area (Å²) < 4.78 is 25.7. The third-order valence-corrected chi connectivity index (χ3v) is 4.97. The predicted molar refractivity (Wildman–Crippen MR) is 87.0 cm³/mol. The molecule has 0 aromatic heterocycles. The summed E-state index contributed by atoms with van der Waals surface area (Å²) >= 11 is 17.3. The third kappa shape index (κ3) is 6.45. The van der Waals surface area contributed by atoms with Crippen LogP contribution in [-0.2, 0) is 22.2 Å². The van der Waals surface area contributed by atoms with E-state index < -0.39 is 23.5 Å². The molecule has 0 saturated heterocycles. The zero-order valence-corrected chi connectivity index (χ0v) is 15.2. The first-order valence-electron chi connectivity index (χ1n) is 6.46. The maximum absolute atomic E-state index is 12.2. The SMILES string of the molecule is CCOP(=O)(CC(=O)Oc1cccc(C(Cl)(Cl)Cl)c1)OCC. The zero-order chi connectivity index (χ0) is 16.8. The molecule has 9 heteroatoms. The topological polar surface area (TPSA) is 61.8 Å². The molecule has 0 fully saturated rings. The van der Waals surface area contributed by atoms with Crippen LogP contribution in [0.15, 0.2) is 24.3 Å². The van der Waals surface area contributed by atoms with Gasteiger partial charge in [-0.2, -0.15) is 0 Å². The number of alkyl halides is 3. The molecule has 0 N–H and O–H groups in total. The van der Waals surface area contributed by atoms with Crippen molar-refractivity contribution in [3.05, 3.63) is 29.8 Å². The molecule has 0 amide bonds. The number of hydrogen-bond acceptors (Lipinski definition) is 5. The van der Waals surface area contributed by atoms with Crippen LogP contribution in [0.25, 0.3) is 0 Å². The maximum Gasteiger partial charge on any atom is 0.341 e. The molecule has 0 spiro atoms. The van der Waals surface area contributed by atoms with Crippen molar-refractivity contribution >= 4 is 48.4 Å². The van der Waals surface area contributed by atoms with Gasteiger partial charge < -0.3 is 13.8 Å². The second-order valence-electron chi connectivity index (χ2n) is 4.10. The summed E-state index contributed by atoms with van der Waals surface area (Å²) in [6.07, 6.45) is -0.493. The largest absolute Gasteiger partial charge is 0.426 e. The molecule has 1 aromatic carbocycles. The normalized spacial score (nSPS) is 12.2. The van der Waals surface area contributed by atoms with E-state index in [1.54, 1.807) is 26.0 Å². The molecule has 0 bridgehead atoms. The highest BCUT2D eigenvalue weighted by Crippen LogP contribution is 2.48. The Hall–Kier alpha value is -0.290. The Kier molecular flexibility index (Phi) is 7.66. The molecule has 5 nitrogen and oxygen atoms in total. The Balaban J connectivity index is 2.78. The standard InChI is InChI=1S/C13H16Cl3O5P/c1-3-19-22(18,20-4-2)9-12(17)21-11-7-5-6-10(8-11)13(14,15)16/h5-8H,3-4,9H2,1-2H3. The van der Waals surface area contributed by atoms with Gasteiger partial charge in [-0.05, 0) is 26.0 Å². The van der Waals surface area contributed by atoms with Gasteiger partial charge in [-0.1, -0.05) is 46.9 Å². The van der Waals surface area contributed by atoms with Crippen LogP contribution in [0, 0.1) is 0 Å². The molecular formula is C13H16Cl3O5P. The van der Waals surface area contributed by atoms with Gasteiger partial charge in [0.05, 0.1) is 13.2 Å². The number of rotatable bonds is 7. The second-order valence-corrected chi connectivity index (χ2v) is 8.44. The summed E-state index contributed by atoms with van der Waals surface area (Å²) in [4.78, 5) is 11.9. The van der Waals surface area contributed by atoms with Crippen molar-refractivity contribution in [3.8, 4) is 5.75 Å². The fraction of sp³-hybridized carbons (Fsp3) is 0.462. The minimum atomic E-state index is -3.51. The van der Waals surface area contributed by atoms with Crippen molar-refractivity contribution in [2.45, 2.75) is 17.6 Å². The molecule has 0 aliphatic heterocycles. The smallest absolute Gasteiger partial charge is 0.341 e. The molecular weight excluding hydrogens is 373 g/mol. The molecule has 22 heavy (non-hydrogen) atoms. The lowest BCUT2D eigenvalue weighted by atomic mass is 10.2. The predicted octanol–water partition coefficient (Wildman–Crippen LogP) is 4.68. The fourth-order valence-corrected chi connectivity index (χ4v) is 3.36. The first-order valence-corrected chi connectivity index (χ1v) is 9.32. The molecule has 0 aliphatic carbocycles. The molecule has 0 atom stereocenters. The van der Waals surface area contributed by atoms with Crippen molar-refractivity contribution in [1.29, 1.82) is 0 Å². The summed E-state index contributed by atoms with van der Waals surface area (Å²) in [5.74, 6) is -0.583. The minimum absolute atomic E-state index is 0.160. The zero-order valence-electron chi connectivity index (χ0n) is 12.1. The van der Waals surface area contributed by atoms with E-state index >= 15 is 0 Å². The highest BCUT2D eigenvalue weighted by Gasteiger charge is 2.29. The molecule has 0 unspecified atom stereocenters. The van der Waals surface area contributed by atoms with Crippen LogP contribution < -0.4 is 4.74 Å². The van der Waals surface area contributed by atoms with Gasteiger partial charge in [0.15, 0.2) is 0 Å². The van der Waals surface area contributed by atoms with Crippen molar-refractivity contribution in [2.75, 3.05) is 19.4 Å². The van der Waals surface area contributed by atoms with Gasteiger partial charge in [0.2, 0.25) is 3.79 Å². The van der Waals surface area contributed by atoms with Gasteiger partial charge in [0.25, 0.3) is 0 Å². The van der Waals surface area contributed by atoms with E-state index in [1.807, 2.05) is 0 Å². The van der Waals surface area contributed by atoms with Crippen molar-refractivity contribution in [3.63, 3.8) is 0 Å². The third-order valence-electron chi connectivity index (χ3n) is 2.37. The molecule has 124 valence electrons. The Morgan fingerprint density at radius 3 is 2.27 bits per heavy atom. The summed E-state index contributed by atoms with van der Waals surface area (Å²) in [7, 11) is -3.51. The van der Waals surface area contributed by atoms with Gasteiger partial charge in [-0.15, -0.1) is 0 Å². The van der Waals surface area contributed by atoms with Gasteiger partial charge in [-0.25, -0.2) is 0 Å². The number of carbonyl (C=O) groups is 1. The van der Waals surface area contributed by atoms with Crippen molar-refractivity contribution in [1.82, 2.24) is 0 Å². The number of carbonyl (C=O) groups excluding carboxylic acids is 1. The summed E-state index contributed by atoms with van der Waals surface area (Å²) in [5, 5.41) is 0. The van der Waals surface area contributed by atoms with E-state index in [-0.39, 0.29) is 19.0 Å². The Bertz CT molecular complexity index is 549. The lowest BCUT2D eigenvalue weighted by molar-refractivity contribution is -0.131. The number of halogens is 3. The van der Waals surface area contributed by atoms with Crippen LogP contribution in [0.1, 0.15) is 19.4 Å². The van der Waals surface area contributed by atoms with Crippen molar-refractivity contribution < 1.29 is 23.1 Å². The summed E-state index contributed by atoms with van der Waals surface area (Å²) in [6.45, 7) is 3.63. The Morgan fingerprint density at radius 2 is 1.77 bits per heavy atom. The van der Waals surface area contributed by atoms with E-state index in [0.29, 0.717) is 5.56 Å². The van der Waals surface area contributed by atoms with E-state index in [9.17, 15) is 9.36 Å². The minimum Gasteiger partial charge on any atom is -0.426 e. The monoisotopic (exact) mass is 388 g/mol. The van der Waals surface area contributed by atoms with Gasteiger partial charge >= 0.3 is 13.6 Å². The first-order chi connectivity index (χ1) is 10.2. The molecule has 1 rings (SSSR count). The van der Waals surface area contributed by atoms with Gasteiger partial charge in [0, 0.05) is 5.56 Å². The van der Waals surface area contributed by atoms with E-state index in [0.717, 1.165) is 0 Å². The number of ether oxygens (including phenoxy) is 1. The number of esters is 1. The molecule has 0 aliphatic rings. The average molecular weight is 390 g/mol.